The quantitative estimate of drug-likeness (QED) is 0.716. The molecule has 0 aliphatic carbocycles. The monoisotopic (exact) mass is 284 g/mol. The molecule has 6 nitrogen and oxygen atoms in total. The Morgan fingerprint density at radius 3 is 2.53 bits per heavy atom. The van der Waals surface area contributed by atoms with Crippen molar-refractivity contribution in [1.82, 2.24) is 10.6 Å². The molecular weight excluding hydrogens is 268 g/mol. The molecule has 0 aliphatic heterocycles. The minimum Gasteiger partial charge on any atom is -0.480 e. The Labute approximate surface area is 114 Å². The third-order valence-corrected chi connectivity index (χ3v) is 3.27. The molecule has 0 bridgehead atoms. The van der Waals surface area contributed by atoms with E-state index >= 15 is 0 Å². The normalized spacial score (nSPS) is 11.9. The maximum absolute atomic E-state index is 11.6. The van der Waals surface area contributed by atoms with E-state index in [1.807, 2.05) is 0 Å². The summed E-state index contributed by atoms with van der Waals surface area (Å²) < 4.78 is 0. The maximum atomic E-state index is 11.6. The molecule has 104 valence electrons. The van der Waals surface area contributed by atoms with Gasteiger partial charge < -0.3 is 15.7 Å². The van der Waals surface area contributed by atoms with Crippen LogP contribution in [-0.2, 0) is 9.59 Å². The summed E-state index contributed by atoms with van der Waals surface area (Å²) in [5, 5.41) is 15.5. The van der Waals surface area contributed by atoms with Crippen molar-refractivity contribution in [2.75, 3.05) is 6.54 Å². The summed E-state index contributed by atoms with van der Waals surface area (Å²) in [5.41, 5.74) is 0. The summed E-state index contributed by atoms with van der Waals surface area (Å²) in [5.74, 6) is -2.19. The Morgan fingerprint density at radius 2 is 2.05 bits per heavy atom. The third kappa shape index (κ3) is 4.70. The van der Waals surface area contributed by atoms with Gasteiger partial charge in [-0.1, -0.05) is 19.9 Å². The lowest BCUT2D eigenvalue weighted by atomic mass is 10.1. The van der Waals surface area contributed by atoms with Crippen LogP contribution in [0.4, 0.5) is 0 Å². The maximum Gasteiger partial charge on any atom is 0.326 e. The van der Waals surface area contributed by atoms with Gasteiger partial charge >= 0.3 is 5.97 Å². The van der Waals surface area contributed by atoms with Crippen molar-refractivity contribution in [2.45, 2.75) is 19.9 Å². The van der Waals surface area contributed by atoms with Crippen molar-refractivity contribution >= 4 is 29.1 Å². The van der Waals surface area contributed by atoms with Crippen molar-refractivity contribution in [3.05, 3.63) is 22.4 Å². The minimum atomic E-state index is -1.09. The molecule has 2 amide bonds. The number of aliphatic carboxylic acids is 1. The van der Waals surface area contributed by atoms with E-state index in [0.717, 1.165) is 0 Å². The molecule has 0 spiro atoms. The van der Waals surface area contributed by atoms with Crippen LogP contribution in [0.1, 0.15) is 23.5 Å². The van der Waals surface area contributed by atoms with Gasteiger partial charge in [0, 0.05) is 0 Å². The zero-order valence-corrected chi connectivity index (χ0v) is 11.5. The number of rotatable bonds is 6. The van der Waals surface area contributed by atoms with E-state index in [-0.39, 0.29) is 18.4 Å². The Hall–Kier alpha value is -1.89. The molecule has 19 heavy (non-hydrogen) atoms. The molecule has 0 saturated heterocycles. The highest BCUT2D eigenvalue weighted by molar-refractivity contribution is 7.12. The zero-order valence-electron chi connectivity index (χ0n) is 10.7. The molecule has 0 aromatic carbocycles. The van der Waals surface area contributed by atoms with Gasteiger partial charge in [0.1, 0.15) is 6.04 Å². The summed E-state index contributed by atoms with van der Waals surface area (Å²) in [4.78, 5) is 34.5. The molecule has 0 aliphatic rings. The van der Waals surface area contributed by atoms with Crippen LogP contribution in [0.2, 0.25) is 0 Å². The van der Waals surface area contributed by atoms with Crippen LogP contribution in [0.15, 0.2) is 17.5 Å². The second kappa shape index (κ2) is 6.89. The van der Waals surface area contributed by atoms with Gasteiger partial charge in [-0.3, -0.25) is 9.59 Å². The fraction of sp³-hybridized carbons (Fsp3) is 0.417. The highest BCUT2D eigenvalue weighted by atomic mass is 32.1. The fourth-order valence-electron chi connectivity index (χ4n) is 1.39. The summed E-state index contributed by atoms with van der Waals surface area (Å²) in [6.07, 6.45) is 0. The van der Waals surface area contributed by atoms with Crippen LogP contribution in [0.3, 0.4) is 0 Å². The number of nitrogens with one attached hydrogen (secondary N) is 2. The number of thiophene rings is 1. The molecule has 1 atom stereocenters. The fourth-order valence-corrected chi connectivity index (χ4v) is 2.03. The third-order valence-electron chi connectivity index (χ3n) is 2.40. The first kappa shape index (κ1) is 15.2. The first-order valence-corrected chi connectivity index (χ1v) is 6.63. The van der Waals surface area contributed by atoms with E-state index in [0.29, 0.717) is 4.88 Å². The predicted octanol–water partition coefficient (Wildman–Crippen LogP) is 0.703. The minimum absolute atomic E-state index is 0.227. The Bertz CT molecular complexity index is 456. The Kier molecular flexibility index (Phi) is 5.50. The van der Waals surface area contributed by atoms with Crippen molar-refractivity contribution in [3.8, 4) is 0 Å². The van der Waals surface area contributed by atoms with E-state index in [9.17, 15) is 14.4 Å². The number of carbonyl (C=O) groups is 3. The molecular formula is C12H16N2O4S. The number of hydrogen-bond acceptors (Lipinski definition) is 4. The number of carboxylic acids is 1. The number of carboxylic acid groups (broad SMARTS) is 1. The predicted molar refractivity (Wildman–Crippen MR) is 71.1 cm³/mol. The van der Waals surface area contributed by atoms with Crippen LogP contribution in [0.25, 0.3) is 0 Å². The van der Waals surface area contributed by atoms with Gasteiger partial charge in [0.15, 0.2) is 0 Å². The first-order chi connectivity index (χ1) is 8.91. The molecule has 0 radical (unpaired) electrons. The van der Waals surface area contributed by atoms with Crippen LogP contribution in [-0.4, -0.2) is 35.5 Å². The Balaban J connectivity index is 2.43. The van der Waals surface area contributed by atoms with Crippen molar-refractivity contribution < 1.29 is 19.5 Å². The lowest BCUT2D eigenvalue weighted by molar-refractivity contribution is -0.142. The van der Waals surface area contributed by atoms with Gasteiger partial charge in [-0.25, -0.2) is 4.79 Å². The molecule has 0 fully saturated rings. The topological polar surface area (TPSA) is 95.5 Å². The zero-order chi connectivity index (χ0) is 14.4. The Morgan fingerprint density at radius 1 is 1.37 bits per heavy atom. The number of carbonyl (C=O) groups excluding carboxylic acids is 2. The second-order valence-corrected chi connectivity index (χ2v) is 5.24. The van der Waals surface area contributed by atoms with E-state index in [1.54, 1.807) is 31.4 Å². The van der Waals surface area contributed by atoms with Gasteiger partial charge in [0.25, 0.3) is 5.91 Å². The number of amides is 2. The lowest BCUT2D eigenvalue weighted by Crippen LogP contribution is -2.47. The van der Waals surface area contributed by atoms with E-state index in [1.165, 1.54) is 11.3 Å². The molecule has 3 N–H and O–H groups in total. The van der Waals surface area contributed by atoms with Crippen LogP contribution in [0, 0.1) is 5.92 Å². The highest BCUT2D eigenvalue weighted by Gasteiger charge is 2.23. The van der Waals surface area contributed by atoms with Crippen molar-refractivity contribution in [3.63, 3.8) is 0 Å². The van der Waals surface area contributed by atoms with Crippen LogP contribution >= 0.6 is 11.3 Å². The molecule has 1 heterocycles. The molecule has 1 rings (SSSR count). The summed E-state index contributed by atoms with van der Waals surface area (Å²) in [7, 11) is 0. The summed E-state index contributed by atoms with van der Waals surface area (Å²) in [6, 6.07) is 2.43. The van der Waals surface area contributed by atoms with Gasteiger partial charge in [-0.2, -0.15) is 0 Å². The molecule has 1 aromatic heterocycles. The number of hydrogen-bond donors (Lipinski definition) is 3. The molecule has 7 heteroatoms. The molecule has 1 aromatic rings. The van der Waals surface area contributed by atoms with Crippen molar-refractivity contribution in [2.24, 2.45) is 5.92 Å². The SMILES string of the molecule is CC(C)[C@@H](NC(=O)CNC(=O)c1cccs1)C(=O)O. The summed E-state index contributed by atoms with van der Waals surface area (Å²) in [6.45, 7) is 3.15. The average Bonchev–Trinajstić information content (AvgIpc) is 2.85. The lowest BCUT2D eigenvalue weighted by Gasteiger charge is -2.17. The standard InChI is InChI=1S/C12H16N2O4S/c1-7(2)10(12(17)18)14-9(15)6-13-11(16)8-4-3-5-19-8/h3-5,7,10H,6H2,1-2H3,(H,13,16)(H,14,15)(H,17,18)/t10-/m1/s1. The van der Waals surface area contributed by atoms with E-state index < -0.39 is 17.9 Å². The second-order valence-electron chi connectivity index (χ2n) is 4.29. The molecule has 0 unspecified atom stereocenters. The molecule has 0 saturated carbocycles. The largest absolute Gasteiger partial charge is 0.480 e. The van der Waals surface area contributed by atoms with Crippen molar-refractivity contribution in [1.29, 1.82) is 0 Å². The first-order valence-electron chi connectivity index (χ1n) is 5.75. The average molecular weight is 284 g/mol. The van der Waals surface area contributed by atoms with Gasteiger partial charge in [-0.05, 0) is 17.4 Å². The highest BCUT2D eigenvalue weighted by Crippen LogP contribution is 2.07. The van der Waals surface area contributed by atoms with Gasteiger partial charge in [0.05, 0.1) is 11.4 Å². The summed E-state index contributed by atoms with van der Waals surface area (Å²) >= 11 is 1.27. The smallest absolute Gasteiger partial charge is 0.326 e. The van der Waals surface area contributed by atoms with E-state index in [4.69, 9.17) is 5.11 Å². The van der Waals surface area contributed by atoms with Crippen LogP contribution < -0.4 is 10.6 Å². The van der Waals surface area contributed by atoms with Crippen LogP contribution in [0.5, 0.6) is 0 Å². The van der Waals surface area contributed by atoms with Gasteiger partial charge in [0.2, 0.25) is 5.91 Å². The van der Waals surface area contributed by atoms with E-state index in [2.05, 4.69) is 10.6 Å². The van der Waals surface area contributed by atoms with Gasteiger partial charge in [-0.15, -0.1) is 11.3 Å².